The Morgan fingerprint density at radius 2 is 2.08 bits per heavy atom. The number of rotatable bonds is 5. The summed E-state index contributed by atoms with van der Waals surface area (Å²) in [4.78, 5) is 2.53. The molecule has 72 valence electrons. The number of nitrogens with zero attached hydrogens (tertiary/aromatic N) is 1. The van der Waals surface area contributed by atoms with E-state index in [0.717, 1.165) is 12.5 Å². The van der Waals surface area contributed by atoms with Crippen LogP contribution >= 0.6 is 0 Å². The second kappa shape index (κ2) is 4.83. The van der Waals surface area contributed by atoms with E-state index in [1.807, 2.05) is 0 Å². The summed E-state index contributed by atoms with van der Waals surface area (Å²) in [6.07, 6.45) is 1.36. The van der Waals surface area contributed by atoms with E-state index in [9.17, 15) is 0 Å². The van der Waals surface area contributed by atoms with Crippen molar-refractivity contribution >= 4 is 0 Å². The molecule has 0 aromatic heterocycles. The predicted molar refractivity (Wildman–Crippen MR) is 53.4 cm³/mol. The molecule has 0 unspecified atom stereocenters. The highest BCUT2D eigenvalue weighted by atomic mass is 15.2. The molecule has 1 rings (SSSR count). The molecule has 1 saturated heterocycles. The van der Waals surface area contributed by atoms with E-state index in [1.54, 1.807) is 0 Å². The van der Waals surface area contributed by atoms with Crippen molar-refractivity contribution in [1.29, 1.82) is 0 Å². The monoisotopic (exact) mass is 170 g/mol. The van der Waals surface area contributed by atoms with Crippen LogP contribution in [0.1, 0.15) is 27.2 Å². The number of likely N-dealkylation sites (tertiary alicyclic amines) is 1. The Balaban J connectivity index is 1.90. The fraction of sp³-hybridized carbons (Fsp3) is 1.00. The van der Waals surface area contributed by atoms with E-state index >= 15 is 0 Å². The highest BCUT2D eigenvalue weighted by Gasteiger charge is 2.23. The van der Waals surface area contributed by atoms with Gasteiger partial charge in [-0.3, -0.25) is 0 Å². The summed E-state index contributed by atoms with van der Waals surface area (Å²) in [7, 11) is 0. The largest absolute Gasteiger partial charge is 0.313 e. The highest BCUT2D eigenvalue weighted by molar-refractivity contribution is 4.78. The molecule has 0 aromatic carbocycles. The third kappa shape index (κ3) is 3.11. The summed E-state index contributed by atoms with van der Waals surface area (Å²) < 4.78 is 0. The molecule has 0 aliphatic carbocycles. The minimum absolute atomic E-state index is 0.633. The summed E-state index contributed by atoms with van der Waals surface area (Å²) >= 11 is 0. The lowest BCUT2D eigenvalue weighted by Crippen LogP contribution is -2.49. The van der Waals surface area contributed by atoms with Gasteiger partial charge in [-0.15, -0.1) is 0 Å². The van der Waals surface area contributed by atoms with Crippen molar-refractivity contribution in [3.8, 4) is 0 Å². The van der Waals surface area contributed by atoms with Gasteiger partial charge in [0.05, 0.1) is 0 Å². The molecule has 0 amide bonds. The fourth-order valence-corrected chi connectivity index (χ4v) is 1.63. The molecule has 12 heavy (non-hydrogen) atoms. The van der Waals surface area contributed by atoms with Crippen LogP contribution in [0.3, 0.4) is 0 Å². The summed E-state index contributed by atoms with van der Waals surface area (Å²) in [6, 6.07) is 0.633. The van der Waals surface area contributed by atoms with Crippen molar-refractivity contribution in [2.45, 2.75) is 33.2 Å². The second-order valence-electron chi connectivity index (χ2n) is 4.14. The van der Waals surface area contributed by atoms with Crippen molar-refractivity contribution in [1.82, 2.24) is 10.2 Å². The van der Waals surface area contributed by atoms with Gasteiger partial charge in [0.1, 0.15) is 0 Å². The lowest BCUT2D eigenvalue weighted by atomic mass is 9.98. The molecule has 2 nitrogen and oxygen atoms in total. The average molecular weight is 170 g/mol. The maximum atomic E-state index is 3.44. The average Bonchev–Trinajstić information content (AvgIpc) is 1.93. The molecule has 1 N–H and O–H groups in total. The van der Waals surface area contributed by atoms with Crippen LogP contribution in [-0.2, 0) is 0 Å². The van der Waals surface area contributed by atoms with E-state index in [-0.39, 0.29) is 0 Å². The molecule has 0 bridgehead atoms. The van der Waals surface area contributed by atoms with Gasteiger partial charge in [0.25, 0.3) is 0 Å². The van der Waals surface area contributed by atoms with Crippen LogP contribution in [0.5, 0.6) is 0 Å². The van der Waals surface area contributed by atoms with Crippen LogP contribution < -0.4 is 5.32 Å². The van der Waals surface area contributed by atoms with Gasteiger partial charge in [-0.25, -0.2) is 0 Å². The first-order valence-electron chi connectivity index (χ1n) is 5.18. The van der Waals surface area contributed by atoms with Gasteiger partial charge in [0.2, 0.25) is 0 Å². The van der Waals surface area contributed by atoms with Crippen molar-refractivity contribution < 1.29 is 0 Å². The van der Waals surface area contributed by atoms with E-state index in [1.165, 1.54) is 26.1 Å². The van der Waals surface area contributed by atoms with E-state index in [2.05, 4.69) is 31.0 Å². The van der Waals surface area contributed by atoms with Gasteiger partial charge in [-0.05, 0) is 5.92 Å². The lowest BCUT2D eigenvalue weighted by Gasteiger charge is -2.39. The van der Waals surface area contributed by atoms with Crippen molar-refractivity contribution in [2.24, 2.45) is 5.92 Å². The van der Waals surface area contributed by atoms with E-state index in [0.29, 0.717) is 6.04 Å². The Kier molecular flexibility index (Phi) is 4.02. The van der Waals surface area contributed by atoms with Crippen molar-refractivity contribution in [2.75, 3.05) is 26.2 Å². The number of hydrogen-bond acceptors (Lipinski definition) is 2. The third-order valence-corrected chi connectivity index (χ3v) is 2.59. The van der Waals surface area contributed by atoms with Crippen LogP contribution in [-0.4, -0.2) is 37.1 Å². The highest BCUT2D eigenvalue weighted by Crippen LogP contribution is 2.17. The number of hydrogen-bond donors (Lipinski definition) is 1. The fourth-order valence-electron chi connectivity index (χ4n) is 1.63. The van der Waals surface area contributed by atoms with Gasteiger partial charge in [-0.1, -0.05) is 27.2 Å². The Bertz CT molecular complexity index is 117. The summed E-state index contributed by atoms with van der Waals surface area (Å²) in [5.41, 5.74) is 0. The van der Waals surface area contributed by atoms with Gasteiger partial charge < -0.3 is 10.2 Å². The quantitative estimate of drug-likeness (QED) is 0.669. The van der Waals surface area contributed by atoms with Crippen LogP contribution in [0.2, 0.25) is 0 Å². The second-order valence-corrected chi connectivity index (χ2v) is 4.14. The Hall–Kier alpha value is -0.0800. The van der Waals surface area contributed by atoms with Crippen LogP contribution in [0.25, 0.3) is 0 Å². The minimum Gasteiger partial charge on any atom is -0.313 e. The molecular weight excluding hydrogens is 148 g/mol. The first kappa shape index (κ1) is 10.0. The van der Waals surface area contributed by atoms with E-state index in [4.69, 9.17) is 0 Å². The first-order valence-corrected chi connectivity index (χ1v) is 5.18. The Morgan fingerprint density at radius 1 is 1.42 bits per heavy atom. The van der Waals surface area contributed by atoms with Crippen LogP contribution in [0.4, 0.5) is 0 Å². The summed E-state index contributed by atoms with van der Waals surface area (Å²) in [5.74, 6) is 0.990. The minimum atomic E-state index is 0.633. The number of nitrogens with one attached hydrogen (secondary N) is 1. The molecule has 0 aromatic rings. The molecule has 1 fully saturated rings. The lowest BCUT2D eigenvalue weighted by molar-refractivity contribution is 0.0984. The van der Waals surface area contributed by atoms with Gasteiger partial charge in [-0.2, -0.15) is 0 Å². The van der Waals surface area contributed by atoms with E-state index < -0.39 is 0 Å². The maximum Gasteiger partial charge on any atom is 0.0107 e. The topological polar surface area (TPSA) is 15.3 Å². The summed E-state index contributed by atoms with van der Waals surface area (Å²) in [5, 5.41) is 3.44. The predicted octanol–water partition coefficient (Wildman–Crippen LogP) is 1.33. The maximum absolute atomic E-state index is 3.44. The van der Waals surface area contributed by atoms with Gasteiger partial charge in [0, 0.05) is 32.2 Å². The SMILES string of the molecule is CCC1CN(CCNC(C)C)C1. The molecule has 1 aliphatic heterocycles. The van der Waals surface area contributed by atoms with Crippen LogP contribution in [0, 0.1) is 5.92 Å². The van der Waals surface area contributed by atoms with Gasteiger partial charge >= 0.3 is 0 Å². The zero-order valence-corrected chi connectivity index (χ0v) is 8.64. The zero-order valence-electron chi connectivity index (χ0n) is 8.64. The van der Waals surface area contributed by atoms with Crippen LogP contribution in [0.15, 0.2) is 0 Å². The molecule has 0 saturated carbocycles. The molecule has 0 radical (unpaired) electrons. The molecule has 0 atom stereocenters. The first-order chi connectivity index (χ1) is 5.72. The Labute approximate surface area is 76.3 Å². The smallest absolute Gasteiger partial charge is 0.0107 e. The summed E-state index contributed by atoms with van der Waals surface area (Å²) in [6.45, 7) is 11.7. The zero-order chi connectivity index (χ0) is 8.97. The molecule has 2 heteroatoms. The Morgan fingerprint density at radius 3 is 2.58 bits per heavy atom. The van der Waals surface area contributed by atoms with Crippen molar-refractivity contribution in [3.63, 3.8) is 0 Å². The van der Waals surface area contributed by atoms with Gasteiger partial charge in [0.15, 0.2) is 0 Å². The molecule has 1 heterocycles. The molecular formula is C10H22N2. The molecule has 0 spiro atoms. The normalized spacial score (nSPS) is 20.0. The molecule has 1 aliphatic rings. The van der Waals surface area contributed by atoms with Crippen molar-refractivity contribution in [3.05, 3.63) is 0 Å². The standard InChI is InChI=1S/C10H22N2/c1-4-10-7-12(8-10)6-5-11-9(2)3/h9-11H,4-8H2,1-3H3. The third-order valence-electron chi connectivity index (χ3n) is 2.59.